The first-order chi connectivity index (χ1) is 9.63. The zero-order valence-electron chi connectivity index (χ0n) is 12.4. The lowest BCUT2D eigenvalue weighted by atomic mass is 10.0. The fourth-order valence-corrected chi connectivity index (χ4v) is 2.62. The highest BCUT2D eigenvalue weighted by atomic mass is 35.5. The van der Waals surface area contributed by atoms with Crippen molar-refractivity contribution in [1.82, 2.24) is 0 Å². The zero-order chi connectivity index (χ0) is 14.5. The van der Waals surface area contributed by atoms with Crippen molar-refractivity contribution in [2.75, 3.05) is 5.32 Å². The van der Waals surface area contributed by atoms with Gasteiger partial charge in [-0.1, -0.05) is 55.8 Å². The van der Waals surface area contributed by atoms with Gasteiger partial charge in [0.2, 0.25) is 0 Å². The average molecular weight is 288 g/mol. The molecule has 0 aromatic heterocycles. The minimum atomic E-state index is 0.293. The topological polar surface area (TPSA) is 12.0 Å². The van der Waals surface area contributed by atoms with Gasteiger partial charge in [0.25, 0.3) is 0 Å². The van der Waals surface area contributed by atoms with Crippen LogP contribution in [0.4, 0.5) is 5.69 Å². The van der Waals surface area contributed by atoms with Crippen LogP contribution in [0.1, 0.15) is 43.0 Å². The molecule has 1 unspecified atom stereocenters. The maximum absolute atomic E-state index is 6.30. The van der Waals surface area contributed by atoms with Crippen molar-refractivity contribution in [3.8, 4) is 0 Å². The fourth-order valence-electron chi connectivity index (χ4n) is 2.33. The van der Waals surface area contributed by atoms with Gasteiger partial charge in [-0.05, 0) is 48.6 Å². The van der Waals surface area contributed by atoms with Crippen LogP contribution in [0.3, 0.4) is 0 Å². The van der Waals surface area contributed by atoms with Crippen LogP contribution < -0.4 is 5.32 Å². The molecule has 1 atom stereocenters. The van der Waals surface area contributed by atoms with Gasteiger partial charge in [0.05, 0.1) is 16.8 Å². The third-order valence-corrected chi connectivity index (χ3v) is 3.97. The van der Waals surface area contributed by atoms with Crippen LogP contribution in [0.15, 0.2) is 42.5 Å². The number of benzene rings is 2. The first-order valence-corrected chi connectivity index (χ1v) is 7.63. The summed E-state index contributed by atoms with van der Waals surface area (Å²) in [5.41, 5.74) is 4.86. The minimum absolute atomic E-state index is 0.293. The Kier molecular flexibility index (Phi) is 5.08. The third kappa shape index (κ3) is 3.55. The van der Waals surface area contributed by atoms with Crippen LogP contribution in [0.5, 0.6) is 0 Å². The van der Waals surface area contributed by atoms with E-state index in [-0.39, 0.29) is 0 Å². The smallest absolute Gasteiger partial charge is 0.0640 e. The van der Waals surface area contributed by atoms with Crippen LogP contribution in [0, 0.1) is 6.92 Å². The summed E-state index contributed by atoms with van der Waals surface area (Å²) < 4.78 is 0. The van der Waals surface area contributed by atoms with E-state index in [4.69, 9.17) is 11.6 Å². The molecule has 1 N–H and O–H groups in total. The highest BCUT2D eigenvalue weighted by Crippen LogP contribution is 2.28. The maximum atomic E-state index is 6.30. The van der Waals surface area contributed by atoms with E-state index in [2.05, 4.69) is 62.5 Å². The average Bonchev–Trinajstić information content (AvgIpc) is 2.47. The predicted molar refractivity (Wildman–Crippen MR) is 88.7 cm³/mol. The molecule has 0 spiro atoms. The molecule has 0 bridgehead atoms. The lowest BCUT2D eigenvalue weighted by molar-refractivity contribution is 0.749. The molecule has 2 aromatic carbocycles. The van der Waals surface area contributed by atoms with Crippen molar-refractivity contribution < 1.29 is 0 Å². The van der Waals surface area contributed by atoms with Gasteiger partial charge in [0.15, 0.2) is 0 Å². The summed E-state index contributed by atoms with van der Waals surface area (Å²) in [6, 6.07) is 15.3. The van der Waals surface area contributed by atoms with E-state index in [0.717, 1.165) is 23.6 Å². The van der Waals surface area contributed by atoms with Crippen LogP contribution in [0.2, 0.25) is 5.02 Å². The molecule has 106 valence electrons. The highest BCUT2D eigenvalue weighted by molar-refractivity contribution is 6.33. The van der Waals surface area contributed by atoms with Crippen LogP contribution >= 0.6 is 11.6 Å². The number of rotatable bonds is 5. The SMILES string of the molecule is CCc1ccc(C(CC)Nc2ccc(C)cc2Cl)cc1. The van der Waals surface area contributed by atoms with Crippen molar-refractivity contribution in [2.24, 2.45) is 0 Å². The first-order valence-electron chi connectivity index (χ1n) is 7.25. The van der Waals surface area contributed by atoms with E-state index in [1.165, 1.54) is 16.7 Å². The molecule has 0 heterocycles. The van der Waals surface area contributed by atoms with Crippen molar-refractivity contribution in [1.29, 1.82) is 0 Å². The molecule has 0 aliphatic carbocycles. The highest BCUT2D eigenvalue weighted by Gasteiger charge is 2.10. The second kappa shape index (κ2) is 6.81. The minimum Gasteiger partial charge on any atom is -0.377 e. The Morgan fingerprint density at radius 2 is 1.75 bits per heavy atom. The van der Waals surface area contributed by atoms with Crippen molar-refractivity contribution in [3.63, 3.8) is 0 Å². The maximum Gasteiger partial charge on any atom is 0.0640 e. The van der Waals surface area contributed by atoms with Gasteiger partial charge in [0.1, 0.15) is 0 Å². The molecule has 2 aromatic rings. The summed E-state index contributed by atoms with van der Waals surface area (Å²) in [5.74, 6) is 0. The number of hydrogen-bond donors (Lipinski definition) is 1. The monoisotopic (exact) mass is 287 g/mol. The Morgan fingerprint density at radius 1 is 1.05 bits per heavy atom. The zero-order valence-corrected chi connectivity index (χ0v) is 13.2. The quantitative estimate of drug-likeness (QED) is 0.735. The Labute approximate surface area is 127 Å². The largest absolute Gasteiger partial charge is 0.377 e. The molecule has 0 saturated heterocycles. The van der Waals surface area contributed by atoms with E-state index in [1.54, 1.807) is 0 Å². The molecule has 0 radical (unpaired) electrons. The molecule has 0 aliphatic rings. The lowest BCUT2D eigenvalue weighted by Gasteiger charge is -2.20. The Morgan fingerprint density at radius 3 is 2.30 bits per heavy atom. The fraction of sp³-hybridized carbons (Fsp3) is 0.333. The Balaban J connectivity index is 2.19. The van der Waals surface area contributed by atoms with Crippen LogP contribution in [0.25, 0.3) is 0 Å². The lowest BCUT2D eigenvalue weighted by Crippen LogP contribution is -2.10. The van der Waals surface area contributed by atoms with Crippen molar-refractivity contribution >= 4 is 17.3 Å². The molecule has 0 fully saturated rings. The molecule has 20 heavy (non-hydrogen) atoms. The van der Waals surface area contributed by atoms with E-state index in [0.29, 0.717) is 6.04 Å². The number of anilines is 1. The summed E-state index contributed by atoms with van der Waals surface area (Å²) in [5, 5.41) is 4.33. The molecular weight excluding hydrogens is 266 g/mol. The van der Waals surface area contributed by atoms with Gasteiger partial charge in [0, 0.05) is 0 Å². The summed E-state index contributed by atoms with van der Waals surface area (Å²) in [7, 11) is 0. The van der Waals surface area contributed by atoms with Gasteiger partial charge in [-0.3, -0.25) is 0 Å². The number of hydrogen-bond acceptors (Lipinski definition) is 1. The molecule has 0 saturated carbocycles. The standard InChI is InChI=1S/C18H22ClN/c1-4-14-7-9-15(10-8-14)17(5-2)20-18-11-6-13(3)12-16(18)19/h6-12,17,20H,4-5H2,1-3H3. The number of aryl methyl sites for hydroxylation is 2. The third-order valence-electron chi connectivity index (χ3n) is 3.65. The summed E-state index contributed by atoms with van der Waals surface area (Å²) >= 11 is 6.30. The van der Waals surface area contributed by atoms with E-state index in [1.807, 2.05) is 6.07 Å². The van der Waals surface area contributed by atoms with Gasteiger partial charge >= 0.3 is 0 Å². The van der Waals surface area contributed by atoms with Gasteiger partial charge in [-0.25, -0.2) is 0 Å². The molecule has 2 rings (SSSR count). The second-order valence-corrected chi connectivity index (χ2v) is 5.59. The van der Waals surface area contributed by atoms with Crippen LogP contribution in [-0.2, 0) is 6.42 Å². The molecule has 1 nitrogen and oxygen atoms in total. The normalized spacial score (nSPS) is 12.2. The van der Waals surface area contributed by atoms with Gasteiger partial charge < -0.3 is 5.32 Å². The molecule has 2 heteroatoms. The summed E-state index contributed by atoms with van der Waals surface area (Å²) in [4.78, 5) is 0. The second-order valence-electron chi connectivity index (χ2n) is 5.18. The summed E-state index contributed by atoms with van der Waals surface area (Å²) in [6.45, 7) is 6.42. The number of halogens is 1. The van der Waals surface area contributed by atoms with Crippen LogP contribution in [-0.4, -0.2) is 0 Å². The predicted octanol–water partition coefficient (Wildman–Crippen LogP) is 5.77. The van der Waals surface area contributed by atoms with E-state index in [9.17, 15) is 0 Å². The van der Waals surface area contributed by atoms with E-state index < -0.39 is 0 Å². The van der Waals surface area contributed by atoms with Gasteiger partial charge in [-0.2, -0.15) is 0 Å². The molecule has 0 aliphatic heterocycles. The summed E-state index contributed by atoms with van der Waals surface area (Å²) in [6.07, 6.45) is 2.10. The van der Waals surface area contributed by atoms with E-state index >= 15 is 0 Å². The number of nitrogens with one attached hydrogen (secondary N) is 1. The Hall–Kier alpha value is -1.47. The Bertz CT molecular complexity index is 560. The molecular formula is C18H22ClN. The van der Waals surface area contributed by atoms with Gasteiger partial charge in [-0.15, -0.1) is 0 Å². The molecule has 0 amide bonds. The van der Waals surface area contributed by atoms with Crippen molar-refractivity contribution in [3.05, 3.63) is 64.2 Å². The van der Waals surface area contributed by atoms with Crippen molar-refractivity contribution in [2.45, 2.75) is 39.7 Å². The first kappa shape index (κ1) is 14.9.